The molecule has 0 aliphatic rings. The molecule has 80 valence electrons. The highest BCUT2D eigenvalue weighted by Gasteiger charge is 1.96. The van der Waals surface area contributed by atoms with Crippen molar-refractivity contribution in [3.63, 3.8) is 0 Å². The van der Waals surface area contributed by atoms with Gasteiger partial charge in [-0.3, -0.25) is 4.79 Å². The molecule has 2 rings (SSSR count). The SMILES string of the molecule is O=C(O)C/C=C/c1cccc2ccccc12. The van der Waals surface area contributed by atoms with Crippen LogP contribution in [0.5, 0.6) is 0 Å². The van der Waals surface area contributed by atoms with Crippen molar-refractivity contribution >= 4 is 22.8 Å². The zero-order chi connectivity index (χ0) is 11.4. The summed E-state index contributed by atoms with van der Waals surface area (Å²) >= 11 is 0. The van der Waals surface area contributed by atoms with Crippen LogP contribution in [0.1, 0.15) is 12.0 Å². The number of fused-ring (bicyclic) bond motifs is 1. The van der Waals surface area contributed by atoms with Crippen LogP contribution in [0.2, 0.25) is 0 Å². The first-order valence-corrected chi connectivity index (χ1v) is 5.13. The summed E-state index contributed by atoms with van der Waals surface area (Å²) < 4.78 is 0. The minimum Gasteiger partial charge on any atom is -0.481 e. The Morgan fingerprint density at radius 2 is 1.88 bits per heavy atom. The number of rotatable bonds is 3. The highest BCUT2D eigenvalue weighted by molar-refractivity contribution is 5.90. The second-order valence-electron chi connectivity index (χ2n) is 3.57. The maximum Gasteiger partial charge on any atom is 0.307 e. The quantitative estimate of drug-likeness (QED) is 0.847. The molecular weight excluding hydrogens is 200 g/mol. The standard InChI is InChI=1S/C14H12O2/c15-14(16)10-4-8-12-7-3-6-11-5-1-2-9-13(11)12/h1-9H,10H2,(H,15,16)/b8-4+. The van der Waals surface area contributed by atoms with E-state index in [9.17, 15) is 4.79 Å². The van der Waals surface area contributed by atoms with Gasteiger partial charge in [-0.1, -0.05) is 54.6 Å². The zero-order valence-electron chi connectivity index (χ0n) is 8.76. The largest absolute Gasteiger partial charge is 0.481 e. The van der Waals surface area contributed by atoms with Crippen molar-refractivity contribution in [3.8, 4) is 0 Å². The van der Waals surface area contributed by atoms with E-state index in [4.69, 9.17) is 5.11 Å². The summed E-state index contributed by atoms with van der Waals surface area (Å²) in [7, 11) is 0. The Bertz CT molecular complexity index is 536. The van der Waals surface area contributed by atoms with Gasteiger partial charge in [0.15, 0.2) is 0 Å². The van der Waals surface area contributed by atoms with Gasteiger partial charge in [-0.15, -0.1) is 0 Å². The molecule has 0 atom stereocenters. The molecule has 2 aromatic carbocycles. The number of benzene rings is 2. The molecule has 0 radical (unpaired) electrons. The van der Waals surface area contributed by atoms with Crippen LogP contribution in [-0.4, -0.2) is 11.1 Å². The fraction of sp³-hybridized carbons (Fsp3) is 0.0714. The van der Waals surface area contributed by atoms with E-state index in [2.05, 4.69) is 0 Å². The fourth-order valence-corrected chi connectivity index (χ4v) is 1.68. The summed E-state index contributed by atoms with van der Waals surface area (Å²) in [5, 5.41) is 10.9. The molecule has 0 saturated carbocycles. The molecule has 0 saturated heterocycles. The van der Waals surface area contributed by atoms with Crippen molar-refractivity contribution in [2.75, 3.05) is 0 Å². The van der Waals surface area contributed by atoms with Gasteiger partial charge in [0.25, 0.3) is 0 Å². The van der Waals surface area contributed by atoms with Gasteiger partial charge in [0.2, 0.25) is 0 Å². The average molecular weight is 212 g/mol. The number of carboxylic acid groups (broad SMARTS) is 1. The minimum atomic E-state index is -0.809. The number of aliphatic carboxylic acids is 1. The summed E-state index contributed by atoms with van der Waals surface area (Å²) in [6.45, 7) is 0. The molecule has 2 nitrogen and oxygen atoms in total. The van der Waals surface area contributed by atoms with Crippen LogP contribution in [0.4, 0.5) is 0 Å². The third-order valence-electron chi connectivity index (χ3n) is 2.41. The smallest absolute Gasteiger partial charge is 0.307 e. The van der Waals surface area contributed by atoms with Gasteiger partial charge in [0.1, 0.15) is 0 Å². The van der Waals surface area contributed by atoms with E-state index in [1.165, 1.54) is 5.39 Å². The van der Waals surface area contributed by atoms with Gasteiger partial charge >= 0.3 is 5.97 Å². The molecule has 0 aliphatic carbocycles. The van der Waals surface area contributed by atoms with E-state index < -0.39 is 5.97 Å². The lowest BCUT2D eigenvalue weighted by molar-refractivity contribution is -0.135. The molecule has 0 aromatic heterocycles. The molecule has 1 N–H and O–H groups in total. The summed E-state index contributed by atoms with van der Waals surface area (Å²) in [6, 6.07) is 14.1. The molecule has 0 spiro atoms. The molecule has 0 unspecified atom stereocenters. The van der Waals surface area contributed by atoms with Crippen molar-refractivity contribution < 1.29 is 9.90 Å². The number of carboxylic acids is 1. The summed E-state index contributed by atoms with van der Waals surface area (Å²) in [6.07, 6.45) is 3.59. The van der Waals surface area contributed by atoms with Crippen LogP contribution >= 0.6 is 0 Å². The van der Waals surface area contributed by atoms with Crippen molar-refractivity contribution in [1.82, 2.24) is 0 Å². The lowest BCUT2D eigenvalue weighted by Gasteiger charge is -2.01. The first-order chi connectivity index (χ1) is 7.77. The van der Waals surface area contributed by atoms with E-state index in [0.717, 1.165) is 10.9 Å². The summed E-state index contributed by atoms with van der Waals surface area (Å²) in [4.78, 5) is 10.4. The van der Waals surface area contributed by atoms with E-state index in [-0.39, 0.29) is 6.42 Å². The maximum atomic E-state index is 10.4. The van der Waals surface area contributed by atoms with E-state index >= 15 is 0 Å². The van der Waals surface area contributed by atoms with Gasteiger partial charge in [0, 0.05) is 0 Å². The Morgan fingerprint density at radius 1 is 1.12 bits per heavy atom. The molecule has 0 heterocycles. The highest BCUT2D eigenvalue weighted by atomic mass is 16.4. The van der Waals surface area contributed by atoms with Crippen LogP contribution in [0, 0.1) is 0 Å². The molecule has 0 bridgehead atoms. The monoisotopic (exact) mass is 212 g/mol. The summed E-state index contributed by atoms with van der Waals surface area (Å²) in [5.41, 5.74) is 1.05. The van der Waals surface area contributed by atoms with Gasteiger partial charge in [-0.05, 0) is 16.3 Å². The van der Waals surface area contributed by atoms with E-state index in [1.807, 2.05) is 48.5 Å². The van der Waals surface area contributed by atoms with Crippen molar-refractivity contribution in [3.05, 3.63) is 54.1 Å². The molecule has 0 amide bonds. The third kappa shape index (κ3) is 2.28. The van der Waals surface area contributed by atoms with Crippen molar-refractivity contribution in [1.29, 1.82) is 0 Å². The lowest BCUT2D eigenvalue weighted by Crippen LogP contribution is -1.89. The topological polar surface area (TPSA) is 37.3 Å². The normalized spacial score (nSPS) is 11.0. The number of carbonyl (C=O) groups is 1. The predicted octanol–water partition coefficient (Wildman–Crippen LogP) is 3.33. The Kier molecular flexibility index (Phi) is 3.01. The second kappa shape index (κ2) is 4.62. The van der Waals surface area contributed by atoms with Crippen molar-refractivity contribution in [2.45, 2.75) is 6.42 Å². The van der Waals surface area contributed by atoms with Crippen LogP contribution in [0.25, 0.3) is 16.8 Å². The highest BCUT2D eigenvalue weighted by Crippen LogP contribution is 2.19. The van der Waals surface area contributed by atoms with Gasteiger partial charge in [-0.2, -0.15) is 0 Å². The van der Waals surface area contributed by atoms with Crippen LogP contribution < -0.4 is 0 Å². The number of hydrogen-bond acceptors (Lipinski definition) is 1. The first kappa shape index (κ1) is 10.4. The number of hydrogen-bond donors (Lipinski definition) is 1. The Hall–Kier alpha value is -2.09. The van der Waals surface area contributed by atoms with Gasteiger partial charge < -0.3 is 5.11 Å². The van der Waals surface area contributed by atoms with Crippen molar-refractivity contribution in [2.24, 2.45) is 0 Å². The molecule has 0 fully saturated rings. The van der Waals surface area contributed by atoms with Crippen LogP contribution in [-0.2, 0) is 4.79 Å². The fourth-order valence-electron chi connectivity index (χ4n) is 1.68. The summed E-state index contributed by atoms with van der Waals surface area (Å²) in [5.74, 6) is -0.809. The Labute approximate surface area is 93.8 Å². The van der Waals surface area contributed by atoms with Gasteiger partial charge in [-0.25, -0.2) is 0 Å². The molecule has 2 heteroatoms. The predicted molar refractivity (Wildman–Crippen MR) is 65.2 cm³/mol. The maximum absolute atomic E-state index is 10.4. The lowest BCUT2D eigenvalue weighted by atomic mass is 10.0. The molecule has 16 heavy (non-hydrogen) atoms. The zero-order valence-corrected chi connectivity index (χ0v) is 8.76. The third-order valence-corrected chi connectivity index (χ3v) is 2.41. The van der Waals surface area contributed by atoms with Crippen LogP contribution in [0.3, 0.4) is 0 Å². The van der Waals surface area contributed by atoms with Crippen LogP contribution in [0.15, 0.2) is 48.5 Å². The average Bonchev–Trinajstić information content (AvgIpc) is 2.29. The Balaban J connectivity index is 2.37. The molecular formula is C14H12O2. The second-order valence-corrected chi connectivity index (χ2v) is 3.57. The first-order valence-electron chi connectivity index (χ1n) is 5.13. The van der Waals surface area contributed by atoms with Gasteiger partial charge in [0.05, 0.1) is 6.42 Å². The minimum absolute atomic E-state index is 0.0588. The van der Waals surface area contributed by atoms with E-state index in [1.54, 1.807) is 6.08 Å². The van der Waals surface area contributed by atoms with E-state index in [0.29, 0.717) is 0 Å². The molecule has 0 aliphatic heterocycles. The Morgan fingerprint density at radius 3 is 2.69 bits per heavy atom. The molecule has 2 aromatic rings.